The summed E-state index contributed by atoms with van der Waals surface area (Å²) in [5.74, 6) is -2.07. The maximum atomic E-state index is 12.7. The topological polar surface area (TPSA) is 102 Å². The van der Waals surface area contributed by atoms with Crippen molar-refractivity contribution in [3.05, 3.63) is 11.4 Å². The van der Waals surface area contributed by atoms with Gasteiger partial charge in [0.05, 0.1) is 12.3 Å². The molecule has 0 aliphatic carbocycles. The van der Waals surface area contributed by atoms with Gasteiger partial charge in [-0.3, -0.25) is 0 Å². The molecule has 0 atom stereocenters. The molecule has 0 radical (unpaired) electrons. The third-order valence-corrected chi connectivity index (χ3v) is 4.15. The van der Waals surface area contributed by atoms with Gasteiger partial charge in [-0.15, -0.1) is 5.10 Å². The summed E-state index contributed by atoms with van der Waals surface area (Å²) in [6.07, 6.45) is -2.67. The molecule has 0 fully saturated rings. The van der Waals surface area contributed by atoms with Crippen LogP contribution in [0.4, 0.5) is 8.78 Å². The molecule has 108 valence electrons. The van der Waals surface area contributed by atoms with Crippen molar-refractivity contribution in [2.24, 2.45) is 0 Å². The van der Waals surface area contributed by atoms with Crippen molar-refractivity contribution in [2.75, 3.05) is 11.5 Å². The fourth-order valence-corrected chi connectivity index (χ4v) is 2.77. The molecule has 1 aromatic rings. The minimum Gasteiger partial charge on any atom is -0.476 e. The molecule has 0 aliphatic rings. The van der Waals surface area contributed by atoms with Gasteiger partial charge in [0.15, 0.2) is 15.5 Å². The Balaban J connectivity index is 2.94. The monoisotopic (exact) mass is 297 g/mol. The lowest BCUT2D eigenvalue weighted by Crippen LogP contribution is -2.18. The summed E-state index contributed by atoms with van der Waals surface area (Å²) in [5.41, 5.74) is -1.73. The van der Waals surface area contributed by atoms with E-state index in [4.69, 9.17) is 5.11 Å². The first kappa shape index (κ1) is 15.5. The highest BCUT2D eigenvalue weighted by Crippen LogP contribution is 2.21. The SMILES string of the molecule is CCCS(=O)(=O)CCn1nnc(C(=O)O)c1C(F)F. The quantitative estimate of drug-likeness (QED) is 0.796. The third kappa shape index (κ3) is 3.94. The van der Waals surface area contributed by atoms with Crippen molar-refractivity contribution in [1.29, 1.82) is 0 Å². The highest BCUT2D eigenvalue weighted by molar-refractivity contribution is 7.91. The molecule has 0 aliphatic heterocycles. The number of halogens is 2. The molecule has 1 heterocycles. The fraction of sp³-hybridized carbons (Fsp3) is 0.667. The van der Waals surface area contributed by atoms with E-state index in [1.54, 1.807) is 6.92 Å². The van der Waals surface area contributed by atoms with Gasteiger partial charge in [0, 0.05) is 5.75 Å². The Labute approximate surface area is 108 Å². The lowest BCUT2D eigenvalue weighted by atomic mass is 10.3. The predicted octanol–water partition coefficient (Wildman–Crippen LogP) is 0.739. The normalized spacial score (nSPS) is 12.0. The van der Waals surface area contributed by atoms with E-state index in [2.05, 4.69) is 10.3 Å². The molecule has 1 aromatic heterocycles. The van der Waals surface area contributed by atoms with Crippen molar-refractivity contribution >= 4 is 15.8 Å². The van der Waals surface area contributed by atoms with Crippen LogP contribution >= 0.6 is 0 Å². The van der Waals surface area contributed by atoms with Crippen LogP contribution in [0.15, 0.2) is 0 Å². The Bertz CT molecular complexity index is 556. The van der Waals surface area contributed by atoms with Gasteiger partial charge in [-0.1, -0.05) is 12.1 Å². The number of rotatable bonds is 7. The molecular weight excluding hydrogens is 284 g/mol. The second-order valence-corrected chi connectivity index (χ2v) is 6.11. The van der Waals surface area contributed by atoms with Crippen LogP contribution in [0.1, 0.15) is 36.0 Å². The fourth-order valence-electron chi connectivity index (χ4n) is 1.49. The van der Waals surface area contributed by atoms with Crippen LogP contribution in [0, 0.1) is 0 Å². The molecular formula is C9H13F2N3O4S. The molecule has 0 bridgehead atoms. The second kappa shape index (κ2) is 6.04. The summed E-state index contributed by atoms with van der Waals surface area (Å²) in [6.45, 7) is 1.34. The number of alkyl halides is 2. The molecule has 19 heavy (non-hydrogen) atoms. The first-order valence-electron chi connectivity index (χ1n) is 5.43. The Morgan fingerprint density at radius 1 is 1.42 bits per heavy atom. The molecule has 1 rings (SSSR count). The van der Waals surface area contributed by atoms with Crippen LogP contribution < -0.4 is 0 Å². The summed E-state index contributed by atoms with van der Waals surface area (Å²) in [5, 5.41) is 15.1. The van der Waals surface area contributed by atoms with Crippen molar-refractivity contribution in [3.63, 3.8) is 0 Å². The second-order valence-electron chi connectivity index (χ2n) is 3.80. The van der Waals surface area contributed by atoms with E-state index in [9.17, 15) is 22.0 Å². The number of aromatic carboxylic acids is 1. The molecule has 0 saturated heterocycles. The number of nitrogens with zero attached hydrogens (tertiary/aromatic N) is 3. The highest BCUT2D eigenvalue weighted by atomic mass is 32.2. The van der Waals surface area contributed by atoms with E-state index in [0.29, 0.717) is 11.1 Å². The molecule has 0 spiro atoms. The number of carboxylic acid groups (broad SMARTS) is 1. The molecule has 7 nitrogen and oxygen atoms in total. The molecule has 0 saturated carbocycles. The van der Waals surface area contributed by atoms with Gasteiger partial charge in [-0.2, -0.15) is 0 Å². The number of carboxylic acids is 1. The number of hydrogen-bond donors (Lipinski definition) is 1. The molecule has 0 unspecified atom stereocenters. The maximum Gasteiger partial charge on any atom is 0.358 e. The van der Waals surface area contributed by atoms with Gasteiger partial charge in [-0.25, -0.2) is 26.7 Å². The van der Waals surface area contributed by atoms with Gasteiger partial charge in [-0.05, 0) is 6.42 Å². The van der Waals surface area contributed by atoms with Crippen LogP contribution in [0.5, 0.6) is 0 Å². The van der Waals surface area contributed by atoms with Crippen LogP contribution in [0.3, 0.4) is 0 Å². The van der Waals surface area contributed by atoms with Crippen LogP contribution in [-0.2, 0) is 16.4 Å². The number of aromatic nitrogens is 3. The Kier molecular flexibility index (Phi) is 4.92. The summed E-state index contributed by atoms with van der Waals surface area (Å²) < 4.78 is 49.0. The number of sulfone groups is 1. The van der Waals surface area contributed by atoms with E-state index in [-0.39, 0.29) is 18.1 Å². The van der Waals surface area contributed by atoms with Gasteiger partial charge in [0.25, 0.3) is 6.43 Å². The molecule has 0 amide bonds. The minimum absolute atomic E-state index is 0.0580. The average molecular weight is 297 g/mol. The summed E-state index contributed by atoms with van der Waals surface area (Å²) in [4.78, 5) is 10.7. The standard InChI is InChI=1S/C9H13F2N3O4S/c1-2-4-19(17,18)5-3-14-7(8(10)11)6(9(15)16)12-13-14/h8H,2-5H2,1H3,(H,15,16). The smallest absolute Gasteiger partial charge is 0.358 e. The van der Waals surface area contributed by atoms with Crippen molar-refractivity contribution in [1.82, 2.24) is 15.0 Å². The van der Waals surface area contributed by atoms with Gasteiger partial charge < -0.3 is 5.11 Å². The zero-order valence-electron chi connectivity index (χ0n) is 10.1. The van der Waals surface area contributed by atoms with Crippen LogP contribution in [0.25, 0.3) is 0 Å². The first-order valence-corrected chi connectivity index (χ1v) is 7.26. The van der Waals surface area contributed by atoms with E-state index in [1.165, 1.54) is 0 Å². The Morgan fingerprint density at radius 3 is 2.53 bits per heavy atom. The minimum atomic E-state index is -3.36. The van der Waals surface area contributed by atoms with Gasteiger partial charge in [0.1, 0.15) is 5.69 Å². The Hall–Kier alpha value is -1.58. The highest BCUT2D eigenvalue weighted by Gasteiger charge is 2.26. The maximum absolute atomic E-state index is 12.7. The van der Waals surface area contributed by atoms with Crippen LogP contribution in [0.2, 0.25) is 0 Å². The number of carbonyl (C=O) groups is 1. The molecule has 10 heteroatoms. The van der Waals surface area contributed by atoms with Gasteiger partial charge in [0.2, 0.25) is 0 Å². The summed E-state index contributed by atoms with van der Waals surface area (Å²) >= 11 is 0. The van der Waals surface area contributed by atoms with E-state index in [1.807, 2.05) is 0 Å². The van der Waals surface area contributed by atoms with Crippen molar-refractivity contribution in [3.8, 4) is 0 Å². The van der Waals surface area contributed by atoms with E-state index < -0.39 is 33.6 Å². The lowest BCUT2D eigenvalue weighted by molar-refractivity contribution is 0.0675. The van der Waals surface area contributed by atoms with Crippen molar-refractivity contribution < 1.29 is 27.1 Å². The first-order chi connectivity index (χ1) is 8.78. The lowest BCUT2D eigenvalue weighted by Gasteiger charge is -2.06. The summed E-state index contributed by atoms with van der Waals surface area (Å²) in [7, 11) is -3.36. The van der Waals surface area contributed by atoms with Crippen LogP contribution in [-0.4, -0.2) is 46.0 Å². The van der Waals surface area contributed by atoms with Crippen molar-refractivity contribution in [2.45, 2.75) is 26.3 Å². The zero-order valence-corrected chi connectivity index (χ0v) is 10.9. The number of aryl methyl sites for hydroxylation is 1. The Morgan fingerprint density at radius 2 is 2.05 bits per heavy atom. The van der Waals surface area contributed by atoms with E-state index >= 15 is 0 Å². The predicted molar refractivity (Wildman–Crippen MR) is 60.9 cm³/mol. The largest absolute Gasteiger partial charge is 0.476 e. The molecule has 0 aromatic carbocycles. The number of hydrogen-bond acceptors (Lipinski definition) is 5. The molecule has 1 N–H and O–H groups in total. The van der Waals surface area contributed by atoms with E-state index in [0.717, 1.165) is 0 Å². The van der Waals surface area contributed by atoms with Gasteiger partial charge >= 0.3 is 5.97 Å². The average Bonchev–Trinajstić information content (AvgIpc) is 2.70. The summed E-state index contributed by atoms with van der Waals surface area (Å²) in [6, 6.07) is 0. The third-order valence-electron chi connectivity index (χ3n) is 2.31. The zero-order chi connectivity index (χ0) is 14.6.